The normalized spacial score (nSPS) is 12.0. The lowest BCUT2D eigenvalue weighted by molar-refractivity contribution is -0.167. The van der Waals surface area contributed by atoms with Crippen molar-refractivity contribution in [2.75, 3.05) is 13.2 Å². The first-order valence-electron chi connectivity index (χ1n) is 27.4. The Balaban J connectivity index is 4.30. The molecule has 0 aliphatic carbocycles. The lowest BCUT2D eigenvalue weighted by Crippen LogP contribution is -2.30. The number of ether oxygens (including phenoxy) is 3. The Hall–Kier alpha value is -1.59. The Morgan fingerprint density at radius 3 is 0.803 bits per heavy atom. The fourth-order valence-electron chi connectivity index (χ4n) is 8.39. The van der Waals surface area contributed by atoms with Crippen LogP contribution in [-0.4, -0.2) is 37.2 Å². The van der Waals surface area contributed by atoms with Crippen LogP contribution in [0.15, 0.2) is 0 Å². The molecule has 0 heterocycles. The standard InChI is InChI=1S/C55H106O6/c1-5-7-9-11-13-15-17-19-21-22-24-26-32-36-40-44-48-55(58)61-52(50-60-54(57)47-43-39-35-31-28-27-29-33-37-41-45-51(3)4)49-59-53(56)46-42-38-34-30-25-23-20-18-16-14-12-10-8-6-2/h51-52H,5-50H2,1-4H3/t52-/m0/s1. The van der Waals surface area contributed by atoms with Gasteiger partial charge in [-0.15, -0.1) is 0 Å². The van der Waals surface area contributed by atoms with E-state index in [9.17, 15) is 14.4 Å². The summed E-state index contributed by atoms with van der Waals surface area (Å²) in [4.78, 5) is 38.0. The van der Waals surface area contributed by atoms with Crippen LogP contribution < -0.4 is 0 Å². The second kappa shape index (κ2) is 49.4. The van der Waals surface area contributed by atoms with E-state index < -0.39 is 6.10 Å². The van der Waals surface area contributed by atoms with Crippen molar-refractivity contribution in [2.24, 2.45) is 5.92 Å². The Kier molecular flexibility index (Phi) is 48.1. The maximum atomic E-state index is 12.8. The predicted octanol–water partition coefficient (Wildman–Crippen LogP) is 17.8. The van der Waals surface area contributed by atoms with Gasteiger partial charge < -0.3 is 14.2 Å². The van der Waals surface area contributed by atoms with Crippen molar-refractivity contribution in [1.29, 1.82) is 0 Å². The van der Waals surface area contributed by atoms with E-state index >= 15 is 0 Å². The molecular weight excluding hydrogens is 757 g/mol. The number of hydrogen-bond donors (Lipinski definition) is 0. The molecule has 0 amide bonds. The number of hydrogen-bond acceptors (Lipinski definition) is 6. The van der Waals surface area contributed by atoms with Crippen LogP contribution in [0.1, 0.15) is 310 Å². The number of carbonyl (C=O) groups excluding carboxylic acids is 3. The molecule has 0 radical (unpaired) electrons. The molecule has 0 aromatic heterocycles. The van der Waals surface area contributed by atoms with Crippen molar-refractivity contribution in [3.63, 3.8) is 0 Å². The van der Waals surface area contributed by atoms with Crippen molar-refractivity contribution in [2.45, 2.75) is 316 Å². The van der Waals surface area contributed by atoms with Gasteiger partial charge in [0, 0.05) is 19.3 Å². The Morgan fingerprint density at radius 1 is 0.311 bits per heavy atom. The van der Waals surface area contributed by atoms with Crippen LogP contribution in [0, 0.1) is 5.92 Å². The second-order valence-corrected chi connectivity index (χ2v) is 19.3. The highest BCUT2D eigenvalue weighted by molar-refractivity contribution is 5.71. The molecule has 6 heteroatoms. The van der Waals surface area contributed by atoms with Crippen LogP contribution >= 0.6 is 0 Å². The first kappa shape index (κ1) is 59.4. The minimum atomic E-state index is -0.761. The molecular formula is C55H106O6. The molecule has 0 bridgehead atoms. The van der Waals surface area contributed by atoms with Crippen LogP contribution in [-0.2, 0) is 28.6 Å². The van der Waals surface area contributed by atoms with Crippen molar-refractivity contribution in [1.82, 2.24) is 0 Å². The van der Waals surface area contributed by atoms with E-state index in [1.807, 2.05) is 0 Å². The molecule has 1 atom stereocenters. The summed E-state index contributed by atoms with van der Waals surface area (Å²) < 4.78 is 16.8. The fraction of sp³-hybridized carbons (Fsp3) is 0.945. The molecule has 0 aliphatic heterocycles. The van der Waals surface area contributed by atoms with Crippen molar-refractivity contribution < 1.29 is 28.6 Å². The van der Waals surface area contributed by atoms with E-state index in [0.29, 0.717) is 19.3 Å². The summed E-state index contributed by atoms with van der Waals surface area (Å²) >= 11 is 0. The highest BCUT2D eigenvalue weighted by Crippen LogP contribution is 2.17. The summed E-state index contributed by atoms with van der Waals surface area (Å²) in [6.07, 6.45) is 52.3. The van der Waals surface area contributed by atoms with Gasteiger partial charge in [-0.05, 0) is 25.2 Å². The molecule has 0 aromatic rings. The smallest absolute Gasteiger partial charge is 0.306 e. The topological polar surface area (TPSA) is 78.9 Å². The number of carbonyl (C=O) groups is 3. The van der Waals surface area contributed by atoms with Crippen LogP contribution in [0.4, 0.5) is 0 Å². The molecule has 0 saturated heterocycles. The van der Waals surface area contributed by atoms with Gasteiger partial charge in [-0.1, -0.05) is 272 Å². The second-order valence-electron chi connectivity index (χ2n) is 19.3. The molecule has 362 valence electrons. The van der Waals surface area contributed by atoms with Crippen LogP contribution in [0.25, 0.3) is 0 Å². The summed E-state index contributed by atoms with van der Waals surface area (Å²) in [5.41, 5.74) is 0. The van der Waals surface area contributed by atoms with E-state index in [1.54, 1.807) is 0 Å². The summed E-state index contributed by atoms with van der Waals surface area (Å²) in [5, 5.41) is 0. The summed E-state index contributed by atoms with van der Waals surface area (Å²) in [6, 6.07) is 0. The molecule has 0 saturated carbocycles. The zero-order valence-electron chi connectivity index (χ0n) is 41.6. The van der Waals surface area contributed by atoms with E-state index in [2.05, 4.69) is 27.7 Å². The average Bonchev–Trinajstić information content (AvgIpc) is 3.24. The lowest BCUT2D eigenvalue weighted by atomic mass is 10.0. The van der Waals surface area contributed by atoms with E-state index in [1.165, 1.54) is 205 Å². The molecule has 0 rings (SSSR count). The van der Waals surface area contributed by atoms with Gasteiger partial charge in [-0.2, -0.15) is 0 Å². The van der Waals surface area contributed by atoms with Crippen molar-refractivity contribution >= 4 is 17.9 Å². The molecule has 0 unspecified atom stereocenters. The molecule has 0 fully saturated rings. The van der Waals surface area contributed by atoms with Gasteiger partial charge >= 0.3 is 17.9 Å². The Morgan fingerprint density at radius 2 is 0.541 bits per heavy atom. The monoisotopic (exact) mass is 863 g/mol. The fourth-order valence-corrected chi connectivity index (χ4v) is 8.39. The summed E-state index contributed by atoms with van der Waals surface area (Å²) in [7, 11) is 0. The maximum absolute atomic E-state index is 12.8. The third-order valence-corrected chi connectivity index (χ3v) is 12.5. The van der Waals surface area contributed by atoms with Gasteiger partial charge in [0.15, 0.2) is 6.10 Å². The maximum Gasteiger partial charge on any atom is 0.306 e. The highest BCUT2D eigenvalue weighted by Gasteiger charge is 2.19. The van der Waals surface area contributed by atoms with Gasteiger partial charge in [0.2, 0.25) is 0 Å². The molecule has 61 heavy (non-hydrogen) atoms. The molecule has 0 spiro atoms. The average molecular weight is 863 g/mol. The molecule has 0 aliphatic rings. The summed E-state index contributed by atoms with van der Waals surface area (Å²) in [6.45, 7) is 9.03. The van der Waals surface area contributed by atoms with E-state index in [-0.39, 0.29) is 31.1 Å². The third-order valence-electron chi connectivity index (χ3n) is 12.5. The third kappa shape index (κ3) is 49.3. The minimum Gasteiger partial charge on any atom is -0.462 e. The van der Waals surface area contributed by atoms with Gasteiger partial charge in [-0.3, -0.25) is 14.4 Å². The van der Waals surface area contributed by atoms with Crippen molar-refractivity contribution in [3.05, 3.63) is 0 Å². The zero-order valence-corrected chi connectivity index (χ0v) is 41.6. The molecule has 0 aromatic carbocycles. The molecule has 6 nitrogen and oxygen atoms in total. The first-order valence-corrected chi connectivity index (χ1v) is 27.4. The quantitative estimate of drug-likeness (QED) is 0.0344. The summed E-state index contributed by atoms with van der Waals surface area (Å²) in [5.74, 6) is -0.0214. The lowest BCUT2D eigenvalue weighted by Gasteiger charge is -2.18. The van der Waals surface area contributed by atoms with Crippen molar-refractivity contribution in [3.8, 4) is 0 Å². The highest BCUT2D eigenvalue weighted by atomic mass is 16.6. The SMILES string of the molecule is CCCCCCCCCCCCCCCCCCC(=O)O[C@@H](COC(=O)CCCCCCCCCCCCCCCC)COC(=O)CCCCCCCCCCCCC(C)C. The van der Waals surface area contributed by atoms with E-state index in [0.717, 1.165) is 63.7 Å². The zero-order chi connectivity index (χ0) is 44.5. The van der Waals surface area contributed by atoms with Crippen LogP contribution in [0.2, 0.25) is 0 Å². The van der Waals surface area contributed by atoms with Crippen LogP contribution in [0.3, 0.4) is 0 Å². The number of unbranched alkanes of at least 4 members (excludes halogenated alkanes) is 37. The Labute approximate surface area is 380 Å². The van der Waals surface area contributed by atoms with Gasteiger partial charge in [0.25, 0.3) is 0 Å². The largest absolute Gasteiger partial charge is 0.462 e. The van der Waals surface area contributed by atoms with E-state index in [4.69, 9.17) is 14.2 Å². The predicted molar refractivity (Wildman–Crippen MR) is 261 cm³/mol. The van der Waals surface area contributed by atoms with Gasteiger partial charge in [0.1, 0.15) is 13.2 Å². The molecule has 0 N–H and O–H groups in total. The van der Waals surface area contributed by atoms with Gasteiger partial charge in [0.05, 0.1) is 0 Å². The number of rotatable bonds is 50. The Bertz CT molecular complexity index is 918. The minimum absolute atomic E-state index is 0.0624. The van der Waals surface area contributed by atoms with Gasteiger partial charge in [-0.25, -0.2) is 0 Å². The first-order chi connectivity index (χ1) is 29.9. The van der Waals surface area contributed by atoms with Crippen LogP contribution in [0.5, 0.6) is 0 Å². The number of esters is 3.